The van der Waals surface area contributed by atoms with E-state index in [0.29, 0.717) is 19.5 Å². The number of nitrogens with zero attached hydrogens (tertiary/aromatic N) is 2. The van der Waals surface area contributed by atoms with Crippen LogP contribution in [0, 0.1) is 11.8 Å². The van der Waals surface area contributed by atoms with E-state index < -0.39 is 59.9 Å². The molecule has 1 heterocycles. The van der Waals surface area contributed by atoms with Gasteiger partial charge in [-0.1, -0.05) is 59.3 Å². The summed E-state index contributed by atoms with van der Waals surface area (Å²) in [4.78, 5) is 71.7. The SMILES string of the molecule is CCCCCCN1CCNC(=O)[C@H]([C@H](C)O)NC(=O)[C@H](CN)NC(=O)C(C2CCCCC2)NC(=O)[C@H](CC(C)C)N(C)C(=O)[C@@H]1C. The van der Waals surface area contributed by atoms with Gasteiger partial charge in [0.15, 0.2) is 0 Å². The summed E-state index contributed by atoms with van der Waals surface area (Å²) in [6.45, 7) is 10.2. The number of nitrogens with one attached hydrogen (secondary N) is 4. The molecular weight excluding hydrogens is 590 g/mol. The van der Waals surface area contributed by atoms with E-state index in [0.717, 1.165) is 57.8 Å². The van der Waals surface area contributed by atoms with Crippen LogP contribution in [0.1, 0.15) is 98.8 Å². The number of aliphatic hydroxyl groups excluding tert-OH is 1. The lowest BCUT2D eigenvalue weighted by Gasteiger charge is -2.37. The number of likely N-dealkylation sites (N-methyl/N-ethyl adjacent to an activating group) is 1. The van der Waals surface area contributed by atoms with Gasteiger partial charge in [0.1, 0.15) is 24.2 Å². The number of carbonyl (C=O) groups is 5. The molecule has 0 bridgehead atoms. The van der Waals surface area contributed by atoms with Crippen LogP contribution in [0.25, 0.3) is 0 Å². The lowest BCUT2D eigenvalue weighted by Crippen LogP contribution is -2.63. The summed E-state index contributed by atoms with van der Waals surface area (Å²) in [5.74, 6) is -2.53. The monoisotopic (exact) mass is 651 g/mol. The highest BCUT2D eigenvalue weighted by molar-refractivity contribution is 5.96. The number of rotatable bonds is 10. The summed E-state index contributed by atoms with van der Waals surface area (Å²) in [5, 5.41) is 21.4. The van der Waals surface area contributed by atoms with Crippen molar-refractivity contribution in [1.29, 1.82) is 0 Å². The largest absolute Gasteiger partial charge is 0.391 e. The third-order valence-corrected chi connectivity index (χ3v) is 9.35. The molecule has 13 nitrogen and oxygen atoms in total. The Balaban J connectivity index is 2.52. The number of hydrogen-bond acceptors (Lipinski definition) is 8. The van der Waals surface area contributed by atoms with E-state index in [4.69, 9.17) is 5.73 Å². The first-order valence-corrected chi connectivity index (χ1v) is 17.4. The third kappa shape index (κ3) is 11.8. The highest BCUT2D eigenvalue weighted by Gasteiger charge is 2.38. The maximum atomic E-state index is 14.0. The molecule has 0 aromatic rings. The molecule has 2 aliphatic rings. The number of carbonyl (C=O) groups excluding carboxylic acids is 5. The van der Waals surface area contributed by atoms with Gasteiger partial charge in [0.2, 0.25) is 29.5 Å². The van der Waals surface area contributed by atoms with Gasteiger partial charge < -0.3 is 37.0 Å². The van der Waals surface area contributed by atoms with Crippen LogP contribution < -0.4 is 27.0 Å². The van der Waals surface area contributed by atoms with Crippen molar-refractivity contribution in [2.75, 3.05) is 33.2 Å². The molecule has 1 saturated carbocycles. The second kappa shape index (κ2) is 19.8. The molecule has 0 aromatic heterocycles. The Kier molecular flexibility index (Phi) is 17.0. The minimum absolute atomic E-state index is 0.0914. The molecule has 0 aromatic carbocycles. The van der Waals surface area contributed by atoms with Crippen LogP contribution in [0.15, 0.2) is 0 Å². The van der Waals surface area contributed by atoms with Crippen LogP contribution in [0.4, 0.5) is 0 Å². The van der Waals surface area contributed by atoms with E-state index in [1.807, 2.05) is 25.7 Å². The quantitative estimate of drug-likeness (QED) is 0.186. The zero-order valence-electron chi connectivity index (χ0n) is 29.0. The van der Waals surface area contributed by atoms with E-state index >= 15 is 0 Å². The standard InChI is InChI=1S/C33H61N7O6/c1-7-8-9-13-17-40-18-16-35-31(44)27(23(5)41)37-29(42)25(20-34)36-32(45)28(24-14-11-10-12-15-24)38-30(43)26(19-21(2)3)39(6)33(46)22(40)4/h21-28,41H,7-20,34H2,1-6H3,(H,35,44)(H,36,45)(H,37,42)(H,38,43)/t22-,23-,25-,26-,27-,28?/m0/s1. The van der Waals surface area contributed by atoms with E-state index in [2.05, 4.69) is 28.2 Å². The maximum absolute atomic E-state index is 14.0. The second-order valence-electron chi connectivity index (χ2n) is 13.6. The summed E-state index contributed by atoms with van der Waals surface area (Å²) in [6.07, 6.45) is 7.50. The molecule has 5 amide bonds. The third-order valence-electron chi connectivity index (χ3n) is 9.35. The summed E-state index contributed by atoms with van der Waals surface area (Å²) in [7, 11) is 1.64. The molecule has 2 rings (SSSR count). The van der Waals surface area contributed by atoms with Crippen LogP contribution in [0.5, 0.6) is 0 Å². The van der Waals surface area contributed by atoms with Gasteiger partial charge in [-0.25, -0.2) is 0 Å². The molecule has 0 radical (unpaired) electrons. The van der Waals surface area contributed by atoms with Gasteiger partial charge in [-0.3, -0.25) is 28.9 Å². The molecule has 1 saturated heterocycles. The number of nitrogens with two attached hydrogens (primary N) is 1. The molecule has 2 fully saturated rings. The first kappa shape index (κ1) is 39.4. The fourth-order valence-corrected chi connectivity index (χ4v) is 6.43. The topological polar surface area (TPSA) is 186 Å². The predicted molar refractivity (Wildman–Crippen MR) is 177 cm³/mol. The molecular formula is C33H61N7O6. The van der Waals surface area contributed by atoms with Crippen molar-refractivity contribution in [2.45, 2.75) is 135 Å². The van der Waals surface area contributed by atoms with Gasteiger partial charge in [0.25, 0.3) is 0 Å². The van der Waals surface area contributed by atoms with Crippen LogP contribution in [0.3, 0.4) is 0 Å². The van der Waals surface area contributed by atoms with Crippen LogP contribution in [0.2, 0.25) is 0 Å². The predicted octanol–water partition coefficient (Wildman–Crippen LogP) is 0.634. The molecule has 13 heteroatoms. The molecule has 0 spiro atoms. The summed E-state index contributed by atoms with van der Waals surface area (Å²) in [5.41, 5.74) is 5.91. The van der Waals surface area contributed by atoms with Gasteiger partial charge in [-0.15, -0.1) is 0 Å². The smallest absolute Gasteiger partial charge is 0.245 e. The first-order chi connectivity index (χ1) is 21.8. The lowest BCUT2D eigenvalue weighted by atomic mass is 9.83. The maximum Gasteiger partial charge on any atom is 0.245 e. The zero-order valence-corrected chi connectivity index (χ0v) is 29.0. The van der Waals surface area contributed by atoms with Crippen molar-refractivity contribution >= 4 is 29.5 Å². The van der Waals surface area contributed by atoms with Crippen LogP contribution in [-0.4, -0.2) is 114 Å². The van der Waals surface area contributed by atoms with Crippen molar-refractivity contribution in [3.63, 3.8) is 0 Å². The van der Waals surface area contributed by atoms with E-state index in [1.165, 1.54) is 11.8 Å². The Morgan fingerprint density at radius 2 is 1.57 bits per heavy atom. The number of hydrogen-bond donors (Lipinski definition) is 6. The molecule has 1 aliphatic heterocycles. The average molecular weight is 652 g/mol. The van der Waals surface area contributed by atoms with Crippen molar-refractivity contribution in [3.05, 3.63) is 0 Å². The Morgan fingerprint density at radius 1 is 0.891 bits per heavy atom. The molecule has 1 aliphatic carbocycles. The Labute approximate surface area is 275 Å². The summed E-state index contributed by atoms with van der Waals surface area (Å²) >= 11 is 0. The molecule has 264 valence electrons. The van der Waals surface area contributed by atoms with Gasteiger partial charge in [-0.05, 0) is 57.9 Å². The van der Waals surface area contributed by atoms with E-state index in [9.17, 15) is 29.1 Å². The van der Waals surface area contributed by atoms with Crippen molar-refractivity contribution in [3.8, 4) is 0 Å². The van der Waals surface area contributed by atoms with Crippen LogP contribution in [-0.2, 0) is 24.0 Å². The molecule has 7 N–H and O–H groups in total. The Bertz CT molecular complexity index is 1000. The highest BCUT2D eigenvalue weighted by atomic mass is 16.3. The summed E-state index contributed by atoms with van der Waals surface area (Å²) < 4.78 is 0. The zero-order chi connectivity index (χ0) is 34.4. The van der Waals surface area contributed by atoms with Gasteiger partial charge >= 0.3 is 0 Å². The molecule has 46 heavy (non-hydrogen) atoms. The fourth-order valence-electron chi connectivity index (χ4n) is 6.43. The van der Waals surface area contributed by atoms with E-state index in [-0.39, 0.29) is 30.8 Å². The molecule has 6 atom stereocenters. The minimum Gasteiger partial charge on any atom is -0.391 e. The number of unbranched alkanes of at least 4 members (excludes halogenated alkanes) is 3. The highest BCUT2D eigenvalue weighted by Crippen LogP contribution is 2.27. The Hall–Kier alpha value is -2.77. The van der Waals surface area contributed by atoms with Gasteiger partial charge in [0, 0.05) is 26.7 Å². The van der Waals surface area contributed by atoms with Crippen molar-refractivity contribution in [2.24, 2.45) is 17.6 Å². The number of aliphatic hydroxyl groups is 1. The minimum atomic E-state index is -1.29. The number of amides is 5. The van der Waals surface area contributed by atoms with Crippen molar-refractivity contribution in [1.82, 2.24) is 31.1 Å². The van der Waals surface area contributed by atoms with Crippen molar-refractivity contribution < 1.29 is 29.1 Å². The fraction of sp³-hybridized carbons (Fsp3) is 0.848. The first-order valence-electron chi connectivity index (χ1n) is 17.4. The normalized spacial score (nSPS) is 28.2. The molecule has 1 unspecified atom stereocenters. The van der Waals surface area contributed by atoms with E-state index in [1.54, 1.807) is 7.05 Å². The lowest BCUT2D eigenvalue weighted by molar-refractivity contribution is -0.144. The van der Waals surface area contributed by atoms with Gasteiger partial charge in [-0.2, -0.15) is 0 Å². The van der Waals surface area contributed by atoms with Crippen LogP contribution >= 0.6 is 0 Å². The summed E-state index contributed by atoms with van der Waals surface area (Å²) in [6, 6.07) is -4.81. The second-order valence-corrected chi connectivity index (χ2v) is 13.6. The van der Waals surface area contributed by atoms with Gasteiger partial charge in [0.05, 0.1) is 12.1 Å². The average Bonchev–Trinajstić information content (AvgIpc) is 3.03. The Morgan fingerprint density at radius 3 is 2.15 bits per heavy atom.